The molecule has 141 heavy (non-hydrogen) atoms. The van der Waals surface area contributed by atoms with Crippen molar-refractivity contribution in [1.29, 1.82) is 0 Å². The van der Waals surface area contributed by atoms with Gasteiger partial charge in [0.15, 0.2) is 24.2 Å². The maximum atomic E-state index is 5.61. The third-order valence-electron chi connectivity index (χ3n) is 29.4. The highest BCUT2D eigenvalue weighted by Gasteiger charge is 2.45. The van der Waals surface area contributed by atoms with Gasteiger partial charge in [0.1, 0.15) is 0 Å². The normalized spacial score (nSPS) is 12.1. The van der Waals surface area contributed by atoms with Gasteiger partial charge in [0.25, 0.3) is 0 Å². The molecule has 664 valence electrons. The molecule has 0 saturated heterocycles. The lowest BCUT2D eigenvalue weighted by atomic mass is 10.1. The molecule has 0 amide bonds. The zero-order chi connectivity index (χ0) is 93.1. The molecule has 27 rings (SSSR count). The van der Waals surface area contributed by atoms with Crippen LogP contribution >= 0.6 is 0 Å². The summed E-state index contributed by atoms with van der Waals surface area (Å²) in [5.41, 5.74) is 24.8. The fraction of sp³-hybridized carbons (Fsp3) is 0. The SMILES string of the molecule is c1ccc(-n2c3ccccc3n(-c3ccc([Si](c4ccccc4)(c4ccccc4)c4ccc(-c5ccc([Si](c6ccccc6)(c6ccccc6)c6ccc(-n7c8ccccc8n(-c8ccc([Si](c9ccccc9)(c9ccccc9)c9ccccc9)cc8)c8cccc9c8n(c8ccccc87)c7nc8ccccc8n97)cc6)cc5)cc4)cc3)c3cccc4c3n(c3ccccc32)c2nc3ccccc3n42)cc1. The number of benzene rings is 21. The Bertz CT molecular complexity index is 9440. The van der Waals surface area contributed by atoms with Crippen molar-refractivity contribution in [3.05, 3.63) is 546 Å². The summed E-state index contributed by atoms with van der Waals surface area (Å²) in [6.07, 6.45) is 0. The average molecular weight is 1850 g/mol. The molecule has 0 aliphatic rings. The molecule has 21 aromatic carbocycles. The number of hydrogen-bond acceptors (Lipinski definition) is 2. The Kier molecular flexibility index (Phi) is 19.8. The van der Waals surface area contributed by atoms with Crippen molar-refractivity contribution in [3.63, 3.8) is 0 Å². The number of para-hydroxylation sites is 15. The van der Waals surface area contributed by atoms with Gasteiger partial charge in [-0.25, -0.2) is 9.97 Å². The molecule has 0 aliphatic carbocycles. The first kappa shape index (κ1) is 82.5. The van der Waals surface area contributed by atoms with Gasteiger partial charge in [0.05, 0.1) is 99.3 Å². The van der Waals surface area contributed by atoms with E-state index < -0.39 is 24.2 Å². The van der Waals surface area contributed by atoms with Gasteiger partial charge in [0.2, 0.25) is 11.6 Å². The first-order valence-corrected chi connectivity index (χ1v) is 54.4. The second-order valence-electron chi connectivity index (χ2n) is 36.7. The van der Waals surface area contributed by atoms with Gasteiger partial charge in [-0.3, -0.25) is 17.6 Å². The summed E-state index contributed by atoms with van der Waals surface area (Å²) in [6.45, 7) is 0. The lowest BCUT2D eigenvalue weighted by Crippen LogP contribution is -2.74. The van der Waals surface area contributed by atoms with Crippen molar-refractivity contribution in [2.75, 3.05) is 0 Å². The van der Waals surface area contributed by atoms with Crippen molar-refractivity contribution < 1.29 is 0 Å². The molecule has 0 N–H and O–H groups in total. The topological polar surface area (TPSA) is 63.1 Å². The molecule has 0 saturated carbocycles. The van der Waals surface area contributed by atoms with Gasteiger partial charge >= 0.3 is 0 Å². The summed E-state index contributed by atoms with van der Waals surface area (Å²) in [5.74, 6) is 1.68. The Morgan fingerprint density at radius 1 is 0.128 bits per heavy atom. The van der Waals surface area contributed by atoms with Crippen LogP contribution in [-0.4, -0.2) is 70.1 Å². The molecule has 27 aromatic rings. The van der Waals surface area contributed by atoms with Crippen LogP contribution in [-0.2, 0) is 0 Å². The molecular formula is C128H90N10Si3. The van der Waals surface area contributed by atoms with Crippen LogP contribution in [0.5, 0.6) is 0 Å². The third kappa shape index (κ3) is 12.8. The fourth-order valence-corrected chi connectivity index (χ4v) is 37.7. The van der Waals surface area contributed by atoms with E-state index in [-0.39, 0.29) is 0 Å². The van der Waals surface area contributed by atoms with E-state index in [1.807, 2.05) is 0 Å². The molecule has 6 aromatic heterocycles. The number of fused-ring (bicyclic) bond motifs is 16. The van der Waals surface area contributed by atoms with Crippen LogP contribution in [0, 0.1) is 0 Å². The zero-order valence-electron chi connectivity index (χ0n) is 76.9. The standard InChI is InChI=1S/C128H90N10Si3/c1-9-39-93(40-10-1)131-113-59-29-31-61-115(113)133(121-67-37-69-123-125(121)137(119-65-35-33-63-117(119)131)127-129-109-55-25-27-57-111(109)135(123)127)96-79-89-108(90-80-96)141(102-51-21-7-22-52-102,103-53-23-8-24-54-103)105-83-73-92(74-84-105)91-71-81-104(82-72-91)140(100-47-17-5-18-48-100,101-49-19-6-20-50-101)107-85-75-94(76-86-107)132-114-60-30-32-62-116(114)134(122-68-38-70-124-126(122)138(120-66-36-34-64-118(120)132)128-130-110-56-26-28-58-112(110)136(124)128)95-77-87-106(88-78-95)139(97-41-11-2-12-42-97,98-43-13-3-14-44-98)99-45-15-4-16-46-99/h1-90H. The Morgan fingerprint density at radius 2 is 0.312 bits per heavy atom. The van der Waals surface area contributed by atoms with E-state index in [0.717, 1.165) is 145 Å². The quantitative estimate of drug-likeness (QED) is 0.0674. The van der Waals surface area contributed by atoms with Gasteiger partial charge < -0.3 is 18.3 Å². The van der Waals surface area contributed by atoms with Gasteiger partial charge in [-0.05, 0) is 219 Å². The minimum absolute atomic E-state index is 0.831. The fourth-order valence-electron chi connectivity index (χ4n) is 23.5. The first-order chi connectivity index (χ1) is 70.0. The number of imidazole rings is 4. The van der Waals surface area contributed by atoms with Crippen LogP contribution in [0.25, 0.3) is 145 Å². The predicted octanol–water partition coefficient (Wildman–Crippen LogP) is 21.9. The van der Waals surface area contributed by atoms with E-state index >= 15 is 0 Å². The summed E-state index contributed by atoms with van der Waals surface area (Å²) < 4.78 is 19.4. The highest BCUT2D eigenvalue weighted by Crippen LogP contribution is 2.39. The van der Waals surface area contributed by atoms with Crippen molar-refractivity contribution in [3.8, 4) is 33.9 Å². The molecule has 13 heteroatoms. The van der Waals surface area contributed by atoms with E-state index in [1.54, 1.807) is 0 Å². The minimum Gasteiger partial charge on any atom is -0.306 e. The smallest absolute Gasteiger partial charge is 0.220 e. The summed E-state index contributed by atoms with van der Waals surface area (Å²) in [4.78, 5) is 11.1. The maximum absolute atomic E-state index is 5.61. The lowest BCUT2D eigenvalue weighted by molar-refractivity contribution is 1.13. The lowest BCUT2D eigenvalue weighted by Gasteiger charge is -2.35. The van der Waals surface area contributed by atoms with Crippen molar-refractivity contribution in [2.24, 2.45) is 0 Å². The van der Waals surface area contributed by atoms with Gasteiger partial charge in [-0.2, -0.15) is 0 Å². The second kappa shape index (κ2) is 33.8. The molecule has 0 fully saturated rings. The number of rotatable bonds is 17. The Balaban J connectivity index is 0.614. The molecule has 0 spiro atoms. The van der Waals surface area contributed by atoms with Gasteiger partial charge in [-0.15, -0.1) is 0 Å². The van der Waals surface area contributed by atoms with Crippen LogP contribution in [0.1, 0.15) is 0 Å². The third-order valence-corrected chi connectivity index (χ3v) is 43.8. The molecule has 10 nitrogen and oxygen atoms in total. The second-order valence-corrected chi connectivity index (χ2v) is 48.1. The summed E-state index contributed by atoms with van der Waals surface area (Å²) in [7, 11) is -9.32. The summed E-state index contributed by atoms with van der Waals surface area (Å²) in [5, 5.41) is 15.5. The highest BCUT2D eigenvalue weighted by atomic mass is 28.3. The molecule has 0 bridgehead atoms. The van der Waals surface area contributed by atoms with E-state index in [0.29, 0.717) is 0 Å². The van der Waals surface area contributed by atoms with E-state index in [9.17, 15) is 0 Å². The van der Waals surface area contributed by atoms with Crippen LogP contribution in [0.15, 0.2) is 546 Å². The molecule has 0 atom stereocenters. The highest BCUT2D eigenvalue weighted by molar-refractivity contribution is 7.21. The van der Waals surface area contributed by atoms with E-state index in [4.69, 9.17) is 9.97 Å². The predicted molar refractivity (Wildman–Crippen MR) is 595 cm³/mol. The number of aromatic nitrogens is 10. The van der Waals surface area contributed by atoms with Crippen LogP contribution < -0.4 is 62.2 Å². The van der Waals surface area contributed by atoms with Crippen LogP contribution in [0.4, 0.5) is 0 Å². The number of nitrogens with zero attached hydrogens (tertiary/aromatic N) is 10. The Labute approximate surface area is 816 Å². The Morgan fingerprint density at radius 3 is 0.582 bits per heavy atom. The zero-order valence-corrected chi connectivity index (χ0v) is 79.9. The largest absolute Gasteiger partial charge is 0.306 e. The average Bonchev–Trinajstić information content (AvgIpc) is 1.56. The summed E-state index contributed by atoms with van der Waals surface area (Å²) in [6, 6.07) is 204. The summed E-state index contributed by atoms with van der Waals surface area (Å²) >= 11 is 0. The van der Waals surface area contributed by atoms with Crippen molar-refractivity contribution in [1.82, 2.24) is 45.8 Å². The van der Waals surface area contributed by atoms with Crippen molar-refractivity contribution in [2.45, 2.75) is 0 Å². The molecule has 6 heterocycles. The number of hydrogen-bond donors (Lipinski definition) is 0. The van der Waals surface area contributed by atoms with Crippen molar-refractivity contribution >= 4 is 197 Å². The van der Waals surface area contributed by atoms with Crippen LogP contribution in [0.3, 0.4) is 0 Å². The maximum Gasteiger partial charge on any atom is 0.220 e. The van der Waals surface area contributed by atoms with Gasteiger partial charge in [0, 0.05) is 22.7 Å². The molecule has 0 radical (unpaired) electrons. The minimum atomic E-state index is -3.22. The monoisotopic (exact) mass is 1850 g/mol. The first-order valence-electron chi connectivity index (χ1n) is 48.4. The van der Waals surface area contributed by atoms with E-state index in [2.05, 4.69) is 582 Å². The molecule has 0 unspecified atom stereocenters. The van der Waals surface area contributed by atoms with Crippen LogP contribution in [0.2, 0.25) is 0 Å². The Hall–Kier alpha value is -18.0. The van der Waals surface area contributed by atoms with Gasteiger partial charge in [-0.1, -0.05) is 400 Å². The molecule has 0 aliphatic heterocycles. The molecular weight excluding hydrogens is 1760 g/mol. The van der Waals surface area contributed by atoms with E-state index in [1.165, 1.54) is 62.2 Å².